The zero-order chi connectivity index (χ0) is 23.7. The first kappa shape index (κ1) is 24.9. The molecule has 1 aromatic heterocycles. The third kappa shape index (κ3) is 5.25. The number of pyridine rings is 1. The van der Waals surface area contributed by atoms with Crippen molar-refractivity contribution in [1.29, 1.82) is 0 Å². The molecule has 2 heterocycles. The van der Waals surface area contributed by atoms with Crippen molar-refractivity contribution in [2.24, 2.45) is 0 Å². The van der Waals surface area contributed by atoms with Crippen LogP contribution in [0, 0.1) is 0 Å². The number of benzene rings is 1. The number of sulfone groups is 1. The second kappa shape index (κ2) is 9.25. The summed E-state index contributed by atoms with van der Waals surface area (Å²) in [6, 6.07) is 7.03. The molecule has 1 aliphatic rings. The van der Waals surface area contributed by atoms with Gasteiger partial charge in [-0.15, -0.1) is 0 Å². The number of aromatic nitrogens is 1. The fraction of sp³-hybridized carbons (Fsp3) is 0.542. The highest BCUT2D eigenvalue weighted by atomic mass is 32.2. The highest BCUT2D eigenvalue weighted by molar-refractivity contribution is 7.91. The van der Waals surface area contributed by atoms with E-state index in [-0.39, 0.29) is 14.8 Å². The van der Waals surface area contributed by atoms with Gasteiger partial charge in [0.2, 0.25) is 9.84 Å². The molecule has 0 amide bonds. The minimum absolute atomic E-state index is 0.104. The largest absolute Gasteiger partial charge is 0.495 e. The first-order valence-corrected chi connectivity index (χ1v) is 15.5. The third-order valence-electron chi connectivity index (χ3n) is 6.80. The Hall–Kier alpha value is -1.74. The van der Waals surface area contributed by atoms with E-state index in [0.717, 1.165) is 42.8 Å². The summed E-state index contributed by atoms with van der Waals surface area (Å²) in [5.74, 6) is 0.388. The lowest BCUT2D eigenvalue weighted by molar-refractivity contribution is 0.272. The summed E-state index contributed by atoms with van der Waals surface area (Å²) in [5, 5.41) is 0.104. The van der Waals surface area contributed by atoms with Crippen molar-refractivity contribution in [3.8, 4) is 5.75 Å². The van der Waals surface area contributed by atoms with E-state index in [2.05, 4.69) is 50.8 Å². The average molecular weight is 477 g/mol. The lowest BCUT2D eigenvalue weighted by Gasteiger charge is -2.36. The van der Waals surface area contributed by atoms with Crippen LogP contribution in [-0.2, 0) is 33.7 Å². The fourth-order valence-electron chi connectivity index (χ4n) is 3.47. The molecule has 1 aliphatic heterocycles. The lowest BCUT2D eigenvalue weighted by Crippen LogP contribution is -2.40. The van der Waals surface area contributed by atoms with Gasteiger partial charge in [-0.1, -0.05) is 20.8 Å². The van der Waals surface area contributed by atoms with Crippen LogP contribution in [0.25, 0.3) is 0 Å². The van der Waals surface area contributed by atoms with Crippen LogP contribution in [0.15, 0.2) is 40.3 Å². The van der Waals surface area contributed by atoms with Gasteiger partial charge >= 0.3 is 0 Å². The van der Waals surface area contributed by atoms with E-state index in [1.165, 1.54) is 13.3 Å². The van der Waals surface area contributed by atoms with Crippen LogP contribution in [-0.4, -0.2) is 53.9 Å². The molecule has 0 atom stereocenters. The number of methoxy groups -OCH3 is 1. The highest BCUT2D eigenvalue weighted by Gasteiger charge is 2.37. The Labute approximate surface area is 194 Å². The minimum Gasteiger partial charge on any atom is -0.495 e. The maximum absolute atomic E-state index is 13.5. The maximum atomic E-state index is 13.5. The van der Waals surface area contributed by atoms with Crippen molar-refractivity contribution in [3.63, 3.8) is 0 Å². The number of hydrogen-bond acceptors (Lipinski definition) is 6. The summed E-state index contributed by atoms with van der Waals surface area (Å²) in [6.45, 7) is 13.2. The van der Waals surface area contributed by atoms with E-state index in [1.54, 1.807) is 18.2 Å². The molecule has 0 saturated heterocycles. The number of nitrogens with zero attached hydrogens (tertiary/aromatic N) is 2. The molecule has 32 heavy (non-hydrogen) atoms. The van der Waals surface area contributed by atoms with Crippen LogP contribution >= 0.6 is 0 Å². The fourth-order valence-corrected chi connectivity index (χ4v) is 5.81. The number of rotatable bonds is 6. The first-order valence-electron chi connectivity index (χ1n) is 11.1. The molecule has 1 aromatic carbocycles. The number of fused-ring (bicyclic) bond motifs is 1. The SMILES string of the molecule is COc1cc2c(cc1S(=O)(=O)c1ccc(CO[Si](C)(C)C(C)(C)C)nc1)CCN(C)CC2. The van der Waals surface area contributed by atoms with E-state index in [1.807, 2.05) is 6.07 Å². The monoisotopic (exact) mass is 476 g/mol. The van der Waals surface area contributed by atoms with E-state index in [0.29, 0.717) is 12.4 Å². The molecular weight excluding hydrogens is 440 g/mol. The molecule has 0 unspecified atom stereocenters. The van der Waals surface area contributed by atoms with Crippen molar-refractivity contribution >= 4 is 18.2 Å². The van der Waals surface area contributed by atoms with Gasteiger partial charge in [0.25, 0.3) is 0 Å². The van der Waals surface area contributed by atoms with E-state index < -0.39 is 18.2 Å². The van der Waals surface area contributed by atoms with Gasteiger partial charge in [0.15, 0.2) is 8.32 Å². The molecule has 2 aromatic rings. The molecule has 0 fully saturated rings. The van der Waals surface area contributed by atoms with Crippen LogP contribution in [0.2, 0.25) is 18.1 Å². The Balaban J connectivity index is 1.87. The normalized spacial score (nSPS) is 15.8. The molecule has 0 saturated carbocycles. The van der Waals surface area contributed by atoms with Crippen LogP contribution in [0.5, 0.6) is 5.75 Å². The Kier molecular flexibility index (Phi) is 7.19. The van der Waals surface area contributed by atoms with Crippen LogP contribution in [0.1, 0.15) is 37.6 Å². The second-order valence-corrected chi connectivity index (χ2v) is 16.8. The maximum Gasteiger partial charge on any atom is 0.211 e. The third-order valence-corrected chi connectivity index (χ3v) is 13.0. The van der Waals surface area contributed by atoms with Gasteiger partial charge in [0, 0.05) is 19.3 Å². The quantitative estimate of drug-likeness (QED) is 0.573. The van der Waals surface area contributed by atoms with E-state index in [4.69, 9.17) is 9.16 Å². The van der Waals surface area contributed by atoms with Crippen molar-refractivity contribution < 1.29 is 17.6 Å². The van der Waals surface area contributed by atoms with Crippen LogP contribution in [0.3, 0.4) is 0 Å². The minimum atomic E-state index is -3.76. The van der Waals surface area contributed by atoms with Gasteiger partial charge in [-0.3, -0.25) is 4.98 Å². The summed E-state index contributed by atoms with van der Waals surface area (Å²) in [7, 11) is -2.06. The standard InChI is InChI=1S/C24H36N2O4SSi/c1-24(2,3)32(6,7)30-17-20-8-9-21(16-25-20)31(27,28)23-15-19-11-13-26(4)12-10-18(19)14-22(23)29-5/h8-9,14-16H,10-13,17H2,1-7H3. The zero-order valence-electron chi connectivity index (χ0n) is 20.4. The zero-order valence-corrected chi connectivity index (χ0v) is 22.2. The summed E-state index contributed by atoms with van der Waals surface area (Å²) >= 11 is 0. The smallest absolute Gasteiger partial charge is 0.211 e. The molecule has 0 bridgehead atoms. The van der Waals surface area contributed by atoms with Crippen molar-refractivity contribution in [2.75, 3.05) is 27.2 Å². The molecule has 0 N–H and O–H groups in total. The highest BCUT2D eigenvalue weighted by Crippen LogP contribution is 2.37. The van der Waals surface area contributed by atoms with Crippen LogP contribution in [0.4, 0.5) is 0 Å². The second-order valence-electron chi connectivity index (χ2n) is 10.1. The Morgan fingerprint density at radius 2 is 1.72 bits per heavy atom. The molecular formula is C24H36N2O4SSi. The topological polar surface area (TPSA) is 68.7 Å². The van der Waals surface area contributed by atoms with Crippen molar-refractivity contribution in [2.45, 2.75) is 68.1 Å². The molecule has 0 radical (unpaired) electrons. The number of ether oxygens (including phenoxy) is 1. The van der Waals surface area contributed by atoms with Gasteiger partial charge in [-0.25, -0.2) is 8.42 Å². The first-order chi connectivity index (χ1) is 14.8. The van der Waals surface area contributed by atoms with Crippen molar-refractivity contribution in [3.05, 3.63) is 47.3 Å². The Morgan fingerprint density at radius 1 is 1.09 bits per heavy atom. The average Bonchev–Trinajstić information content (AvgIpc) is 2.92. The predicted molar refractivity (Wildman–Crippen MR) is 130 cm³/mol. The molecule has 0 spiro atoms. The van der Waals surface area contributed by atoms with Gasteiger partial charge in [-0.05, 0) is 73.4 Å². The summed E-state index contributed by atoms with van der Waals surface area (Å²) in [4.78, 5) is 7.02. The Bertz CT molecular complexity index is 1060. The Morgan fingerprint density at radius 3 is 2.25 bits per heavy atom. The van der Waals surface area contributed by atoms with Crippen LogP contribution < -0.4 is 4.74 Å². The molecule has 0 aliphatic carbocycles. The summed E-state index contributed by atoms with van der Waals surface area (Å²) < 4.78 is 38.6. The predicted octanol–water partition coefficient (Wildman–Crippen LogP) is 4.48. The summed E-state index contributed by atoms with van der Waals surface area (Å²) in [5.41, 5.74) is 2.95. The lowest BCUT2D eigenvalue weighted by atomic mass is 10.0. The van der Waals surface area contributed by atoms with E-state index in [9.17, 15) is 8.42 Å². The van der Waals surface area contributed by atoms with Gasteiger partial charge in [0.05, 0.1) is 24.3 Å². The number of likely N-dealkylation sites (N-methyl/N-ethyl adjacent to an activating group) is 1. The molecule has 6 nitrogen and oxygen atoms in total. The molecule has 176 valence electrons. The van der Waals surface area contributed by atoms with Gasteiger partial charge in [-0.2, -0.15) is 0 Å². The molecule has 8 heteroatoms. The number of hydrogen-bond donors (Lipinski definition) is 0. The van der Waals surface area contributed by atoms with Gasteiger partial charge < -0.3 is 14.1 Å². The molecule has 3 rings (SSSR count). The summed E-state index contributed by atoms with van der Waals surface area (Å²) in [6.07, 6.45) is 3.13. The van der Waals surface area contributed by atoms with Crippen molar-refractivity contribution in [1.82, 2.24) is 9.88 Å². The van der Waals surface area contributed by atoms with E-state index >= 15 is 0 Å². The van der Waals surface area contributed by atoms with Gasteiger partial charge in [0.1, 0.15) is 10.6 Å².